The maximum atomic E-state index is 13.8. The molecular formula is C28H61O6P3. The van der Waals surface area contributed by atoms with Gasteiger partial charge in [0.2, 0.25) is 22.1 Å². The van der Waals surface area contributed by atoms with Crippen LogP contribution in [0.1, 0.15) is 125 Å². The summed E-state index contributed by atoms with van der Waals surface area (Å²) in [5, 5.41) is 0. The molecular weight excluding hydrogens is 525 g/mol. The van der Waals surface area contributed by atoms with Gasteiger partial charge in [0.1, 0.15) is 0 Å². The molecule has 1 atom stereocenters. The molecule has 0 heterocycles. The molecule has 0 radical (unpaired) electrons. The van der Waals surface area contributed by atoms with Gasteiger partial charge < -0.3 is 13.6 Å². The molecule has 0 bridgehead atoms. The minimum atomic E-state index is -2.84. The van der Waals surface area contributed by atoms with Crippen LogP contribution in [0.3, 0.4) is 0 Å². The Morgan fingerprint density at radius 2 is 0.811 bits per heavy atom. The van der Waals surface area contributed by atoms with Gasteiger partial charge in [-0.25, -0.2) is 0 Å². The Kier molecular flexibility index (Phi) is 22.6. The third-order valence-electron chi connectivity index (χ3n) is 6.72. The molecule has 0 aliphatic heterocycles. The predicted octanol–water partition coefficient (Wildman–Crippen LogP) is 10.4. The summed E-state index contributed by atoms with van der Waals surface area (Å²) in [5.41, 5.74) is 0. The van der Waals surface area contributed by atoms with Gasteiger partial charge in [-0.2, -0.15) is 0 Å². The topological polar surface area (TPSA) is 78.9 Å². The average molecular weight is 587 g/mol. The lowest BCUT2D eigenvalue weighted by molar-refractivity contribution is 0.108. The van der Waals surface area contributed by atoms with Crippen LogP contribution >= 0.6 is 22.1 Å². The Labute approximate surface area is 230 Å². The second-order valence-electron chi connectivity index (χ2n) is 10.6. The van der Waals surface area contributed by atoms with Crippen molar-refractivity contribution in [1.82, 2.24) is 0 Å². The van der Waals surface area contributed by atoms with Gasteiger partial charge in [0.25, 0.3) is 0 Å². The molecule has 0 aliphatic rings. The van der Waals surface area contributed by atoms with Gasteiger partial charge >= 0.3 is 0 Å². The van der Waals surface area contributed by atoms with Crippen molar-refractivity contribution in [1.29, 1.82) is 0 Å². The van der Waals surface area contributed by atoms with Crippen molar-refractivity contribution in [2.75, 3.05) is 50.2 Å². The van der Waals surface area contributed by atoms with Gasteiger partial charge in [0, 0.05) is 43.4 Å². The smallest absolute Gasteiger partial charge is 0.203 e. The first-order chi connectivity index (χ1) is 17.6. The van der Waals surface area contributed by atoms with E-state index in [2.05, 4.69) is 41.5 Å². The van der Waals surface area contributed by atoms with E-state index in [0.717, 1.165) is 77.0 Å². The number of hydrogen-bond acceptors (Lipinski definition) is 6. The Balaban J connectivity index is 5.59. The molecule has 0 spiro atoms. The highest BCUT2D eigenvalue weighted by Gasteiger charge is 2.30. The minimum absolute atomic E-state index is 0.157. The lowest BCUT2D eigenvalue weighted by Crippen LogP contribution is -2.23. The van der Waals surface area contributed by atoms with Gasteiger partial charge in [-0.15, -0.1) is 0 Å². The summed E-state index contributed by atoms with van der Waals surface area (Å²) in [5.74, 6) is 0. The lowest BCUT2D eigenvalue weighted by Gasteiger charge is -2.28. The van der Waals surface area contributed by atoms with Crippen LogP contribution in [-0.4, -0.2) is 56.3 Å². The highest BCUT2D eigenvalue weighted by molar-refractivity contribution is 7.59. The SMILES string of the molecule is CCCCP(=O)(CCCC)OCCC(COP(=O)(CCCC)CCCC)OP(=O)(CCCC)CCCC. The first-order valence-electron chi connectivity index (χ1n) is 15.4. The monoisotopic (exact) mass is 586 g/mol. The molecule has 0 rings (SSSR count). The maximum absolute atomic E-state index is 13.8. The van der Waals surface area contributed by atoms with E-state index in [1.807, 2.05) is 0 Å². The standard InChI is InChI=1S/C28H61O6P3/c1-7-13-21-35(29,22-14-8-2)32-20-19-28(34-37(31,25-17-11-5)26-18-12-6)27-33-36(30,23-15-9-3)24-16-10-4/h28H,7-27H2,1-6H3. The van der Waals surface area contributed by atoms with Crippen LogP contribution in [0.5, 0.6) is 0 Å². The first kappa shape index (κ1) is 37.6. The average Bonchev–Trinajstić information content (AvgIpc) is 2.89. The van der Waals surface area contributed by atoms with Crippen LogP contribution in [-0.2, 0) is 27.3 Å². The molecule has 0 fully saturated rings. The summed E-state index contributed by atoms with van der Waals surface area (Å²) in [6, 6.07) is 0. The number of unbranched alkanes of at least 4 members (excludes halogenated alkanes) is 6. The molecule has 0 N–H and O–H groups in total. The zero-order valence-electron chi connectivity index (χ0n) is 25.2. The van der Waals surface area contributed by atoms with Crippen LogP contribution in [0.4, 0.5) is 0 Å². The first-order valence-corrected chi connectivity index (χ1v) is 21.4. The minimum Gasteiger partial charge on any atom is -0.328 e. The maximum Gasteiger partial charge on any atom is 0.203 e. The van der Waals surface area contributed by atoms with Crippen LogP contribution < -0.4 is 0 Å². The molecule has 1 unspecified atom stereocenters. The molecule has 0 saturated heterocycles. The Bertz CT molecular complexity index is 649. The Hall–Kier alpha value is 0.570. The second kappa shape index (κ2) is 22.3. The third kappa shape index (κ3) is 18.5. The number of hydrogen-bond donors (Lipinski definition) is 0. The van der Waals surface area contributed by atoms with E-state index in [1.54, 1.807) is 0 Å². The Morgan fingerprint density at radius 3 is 1.16 bits per heavy atom. The van der Waals surface area contributed by atoms with Crippen molar-refractivity contribution in [3.63, 3.8) is 0 Å². The normalized spacial score (nSPS) is 13.8. The van der Waals surface area contributed by atoms with Crippen molar-refractivity contribution in [3.05, 3.63) is 0 Å². The number of rotatable bonds is 27. The lowest BCUT2D eigenvalue weighted by atomic mass is 10.3. The van der Waals surface area contributed by atoms with E-state index in [4.69, 9.17) is 13.6 Å². The van der Waals surface area contributed by atoms with Crippen LogP contribution in [0.15, 0.2) is 0 Å². The van der Waals surface area contributed by atoms with Gasteiger partial charge in [0.05, 0.1) is 19.3 Å². The fraction of sp³-hybridized carbons (Fsp3) is 1.00. The molecule has 6 nitrogen and oxygen atoms in total. The fourth-order valence-electron chi connectivity index (χ4n) is 4.10. The van der Waals surface area contributed by atoms with Crippen molar-refractivity contribution in [2.45, 2.75) is 131 Å². The summed E-state index contributed by atoms with van der Waals surface area (Å²) in [6.45, 7) is 13.0. The van der Waals surface area contributed by atoms with Crippen LogP contribution in [0.25, 0.3) is 0 Å². The second-order valence-corrected chi connectivity index (χ2v) is 18.8. The molecule has 0 aromatic rings. The zero-order valence-corrected chi connectivity index (χ0v) is 27.9. The van der Waals surface area contributed by atoms with Crippen molar-refractivity contribution in [2.24, 2.45) is 0 Å². The molecule has 0 aromatic heterocycles. The van der Waals surface area contributed by atoms with Crippen molar-refractivity contribution in [3.8, 4) is 0 Å². The summed E-state index contributed by atoms with van der Waals surface area (Å²) in [6.07, 6.45) is 14.6. The van der Waals surface area contributed by atoms with E-state index in [9.17, 15) is 13.7 Å². The summed E-state index contributed by atoms with van der Waals surface area (Å²) in [7, 11) is -8.31. The molecule has 0 saturated carbocycles. The molecule has 0 aromatic carbocycles. The summed E-state index contributed by atoms with van der Waals surface area (Å²) >= 11 is 0. The van der Waals surface area contributed by atoms with Crippen molar-refractivity contribution < 1.29 is 27.3 Å². The van der Waals surface area contributed by atoms with E-state index >= 15 is 0 Å². The highest BCUT2D eigenvalue weighted by atomic mass is 31.2. The van der Waals surface area contributed by atoms with E-state index in [1.165, 1.54) is 0 Å². The summed E-state index contributed by atoms with van der Waals surface area (Å²) < 4.78 is 59.4. The molecule has 9 heteroatoms. The third-order valence-corrected chi connectivity index (χ3v) is 14.7. The molecule has 224 valence electrons. The van der Waals surface area contributed by atoms with Crippen LogP contribution in [0.2, 0.25) is 0 Å². The van der Waals surface area contributed by atoms with Crippen LogP contribution in [0, 0.1) is 0 Å². The summed E-state index contributed by atoms with van der Waals surface area (Å²) in [4.78, 5) is 0. The van der Waals surface area contributed by atoms with Gasteiger partial charge in [-0.05, 0) is 38.5 Å². The van der Waals surface area contributed by atoms with E-state index < -0.39 is 28.2 Å². The molecule has 0 aliphatic carbocycles. The molecule has 0 amide bonds. The predicted molar refractivity (Wildman–Crippen MR) is 163 cm³/mol. The molecule has 37 heavy (non-hydrogen) atoms. The Morgan fingerprint density at radius 1 is 0.486 bits per heavy atom. The largest absolute Gasteiger partial charge is 0.328 e. The van der Waals surface area contributed by atoms with Gasteiger partial charge in [0.15, 0.2) is 0 Å². The van der Waals surface area contributed by atoms with Gasteiger partial charge in [-0.3, -0.25) is 13.7 Å². The van der Waals surface area contributed by atoms with E-state index in [0.29, 0.717) is 43.4 Å². The zero-order chi connectivity index (χ0) is 28.0. The quantitative estimate of drug-likeness (QED) is 0.0891. The fourth-order valence-corrected chi connectivity index (χ4v) is 11.9. The van der Waals surface area contributed by atoms with Crippen molar-refractivity contribution >= 4 is 22.1 Å². The van der Waals surface area contributed by atoms with E-state index in [-0.39, 0.29) is 13.2 Å². The highest BCUT2D eigenvalue weighted by Crippen LogP contribution is 2.53. The van der Waals surface area contributed by atoms with Gasteiger partial charge in [-0.1, -0.05) is 80.1 Å².